The van der Waals surface area contributed by atoms with Crippen molar-refractivity contribution in [1.29, 1.82) is 0 Å². The van der Waals surface area contributed by atoms with E-state index < -0.39 is 5.60 Å². The fraction of sp³-hybridized carbons (Fsp3) is 0.867. The number of rotatable bonds is 3. The third-order valence-electron chi connectivity index (χ3n) is 11.8. The van der Waals surface area contributed by atoms with E-state index in [1.54, 1.807) is 0 Å². The largest absolute Gasteiger partial charge is 0.390 e. The molecule has 7 atom stereocenters. The molecule has 4 rings (SSSR count). The molecule has 0 saturated heterocycles. The van der Waals surface area contributed by atoms with Gasteiger partial charge in [-0.15, -0.1) is 0 Å². The summed E-state index contributed by atoms with van der Waals surface area (Å²) in [4.78, 5) is 25.6. The number of hydrogen-bond donors (Lipinski definition) is 1. The van der Waals surface area contributed by atoms with Crippen LogP contribution in [-0.4, -0.2) is 22.3 Å². The molecule has 0 amide bonds. The molecule has 4 aliphatic rings. The summed E-state index contributed by atoms with van der Waals surface area (Å²) in [5.74, 6) is 2.22. The number of aliphatic hydroxyl groups is 1. The van der Waals surface area contributed by atoms with Gasteiger partial charge in [0.15, 0.2) is 0 Å². The maximum Gasteiger partial charge on any atom is 0.138 e. The van der Waals surface area contributed by atoms with E-state index in [1.807, 2.05) is 0 Å². The van der Waals surface area contributed by atoms with Crippen molar-refractivity contribution in [3.63, 3.8) is 0 Å². The van der Waals surface area contributed by atoms with E-state index in [0.717, 1.165) is 44.9 Å². The molecule has 0 aromatic rings. The van der Waals surface area contributed by atoms with Crippen molar-refractivity contribution in [2.45, 2.75) is 119 Å². The van der Waals surface area contributed by atoms with Crippen LogP contribution in [0.1, 0.15) is 113 Å². The first-order chi connectivity index (χ1) is 15.1. The fourth-order valence-electron chi connectivity index (χ4n) is 9.70. The standard InChI is InChI=1S/C30H48O3/c1-19-9-11-21-26(2,3)24(31)14-16-28(21,6)20(19)10-12-23-29(7)17-15-25(32)27(4,5)22(29)13-18-30(23,8)33/h9,20-23,33H,10-18H2,1-8H3/t20-,21-,22-,23+,28+,29-,30+/m1/s1. The highest BCUT2D eigenvalue weighted by Gasteiger charge is 2.61. The summed E-state index contributed by atoms with van der Waals surface area (Å²) < 4.78 is 0. The Bertz CT molecular complexity index is 862. The van der Waals surface area contributed by atoms with Crippen molar-refractivity contribution >= 4 is 11.6 Å². The second-order valence-corrected chi connectivity index (χ2v) is 14.2. The van der Waals surface area contributed by atoms with Crippen LogP contribution >= 0.6 is 0 Å². The van der Waals surface area contributed by atoms with E-state index >= 15 is 0 Å². The lowest BCUT2D eigenvalue weighted by Gasteiger charge is -2.61. The van der Waals surface area contributed by atoms with Gasteiger partial charge in [0, 0.05) is 23.7 Å². The van der Waals surface area contributed by atoms with Crippen LogP contribution in [0.4, 0.5) is 0 Å². The SMILES string of the molecule is CC1=CC[C@@H]2C(C)(C)C(=O)CC[C@@]2(C)[C@@H]1CC[C@H]1[C@]2(C)CCC(=O)C(C)(C)[C@H]2CC[C@]1(C)O. The Morgan fingerprint density at radius 1 is 0.818 bits per heavy atom. The van der Waals surface area contributed by atoms with E-state index in [0.29, 0.717) is 42.2 Å². The highest BCUT2D eigenvalue weighted by atomic mass is 16.3. The summed E-state index contributed by atoms with van der Waals surface area (Å²) in [6, 6.07) is 0. The van der Waals surface area contributed by atoms with Crippen molar-refractivity contribution in [1.82, 2.24) is 0 Å². The molecule has 33 heavy (non-hydrogen) atoms. The lowest BCUT2D eigenvalue weighted by molar-refractivity contribution is -0.179. The number of hydrogen-bond acceptors (Lipinski definition) is 3. The Kier molecular flexibility index (Phi) is 5.92. The quantitative estimate of drug-likeness (QED) is 0.469. The minimum atomic E-state index is -0.684. The summed E-state index contributed by atoms with van der Waals surface area (Å²) in [6.45, 7) is 17.8. The zero-order valence-corrected chi connectivity index (χ0v) is 22.5. The van der Waals surface area contributed by atoms with Gasteiger partial charge in [-0.05, 0) is 93.3 Å². The van der Waals surface area contributed by atoms with E-state index in [-0.39, 0.29) is 27.6 Å². The number of allylic oxidation sites excluding steroid dienone is 2. The van der Waals surface area contributed by atoms with Gasteiger partial charge >= 0.3 is 0 Å². The highest BCUT2D eigenvalue weighted by Crippen LogP contribution is 2.64. The van der Waals surface area contributed by atoms with E-state index in [1.165, 1.54) is 5.57 Å². The summed E-state index contributed by atoms with van der Waals surface area (Å²) in [5.41, 5.74) is 0.370. The number of carbonyl (C=O) groups excluding carboxylic acids is 2. The summed E-state index contributed by atoms with van der Waals surface area (Å²) in [7, 11) is 0. The molecule has 186 valence electrons. The Labute approximate surface area is 202 Å². The Hall–Kier alpha value is -0.960. The minimum absolute atomic E-state index is 0.00640. The molecule has 3 saturated carbocycles. The molecule has 1 N–H and O–H groups in total. The minimum Gasteiger partial charge on any atom is -0.390 e. The lowest BCUT2D eigenvalue weighted by Crippen LogP contribution is -2.60. The zero-order valence-electron chi connectivity index (χ0n) is 22.5. The van der Waals surface area contributed by atoms with Crippen molar-refractivity contribution in [2.75, 3.05) is 0 Å². The molecule has 0 spiro atoms. The van der Waals surface area contributed by atoms with Gasteiger partial charge in [0.1, 0.15) is 11.6 Å². The van der Waals surface area contributed by atoms with E-state index in [9.17, 15) is 14.7 Å². The second-order valence-electron chi connectivity index (χ2n) is 14.2. The van der Waals surface area contributed by atoms with Gasteiger partial charge in [-0.2, -0.15) is 0 Å². The van der Waals surface area contributed by atoms with Crippen LogP contribution in [0.15, 0.2) is 11.6 Å². The van der Waals surface area contributed by atoms with Crippen LogP contribution in [0.2, 0.25) is 0 Å². The third-order valence-corrected chi connectivity index (χ3v) is 11.8. The maximum atomic E-state index is 12.8. The van der Waals surface area contributed by atoms with Gasteiger partial charge in [-0.1, -0.05) is 53.2 Å². The van der Waals surface area contributed by atoms with Crippen molar-refractivity contribution < 1.29 is 14.7 Å². The monoisotopic (exact) mass is 456 g/mol. The predicted octanol–water partition coefficient (Wildman–Crippen LogP) is 6.92. The van der Waals surface area contributed by atoms with Gasteiger partial charge in [-0.25, -0.2) is 0 Å². The van der Waals surface area contributed by atoms with Gasteiger partial charge in [0.05, 0.1) is 5.60 Å². The Morgan fingerprint density at radius 3 is 1.97 bits per heavy atom. The van der Waals surface area contributed by atoms with Crippen LogP contribution in [0.25, 0.3) is 0 Å². The fourth-order valence-corrected chi connectivity index (χ4v) is 9.70. The van der Waals surface area contributed by atoms with Crippen LogP contribution in [0, 0.1) is 45.3 Å². The smallest absolute Gasteiger partial charge is 0.138 e. The molecular weight excluding hydrogens is 408 g/mol. The molecule has 0 radical (unpaired) electrons. The molecular formula is C30H48O3. The number of carbonyl (C=O) groups is 2. The number of ketones is 2. The predicted molar refractivity (Wildman–Crippen MR) is 134 cm³/mol. The van der Waals surface area contributed by atoms with Gasteiger partial charge < -0.3 is 5.11 Å². The van der Waals surface area contributed by atoms with Crippen LogP contribution < -0.4 is 0 Å². The first kappa shape index (κ1) is 25.1. The molecule has 0 aromatic carbocycles. The average Bonchev–Trinajstić information content (AvgIpc) is 2.69. The summed E-state index contributed by atoms with van der Waals surface area (Å²) >= 11 is 0. The third kappa shape index (κ3) is 3.62. The highest BCUT2D eigenvalue weighted by molar-refractivity contribution is 5.86. The first-order valence-corrected chi connectivity index (χ1v) is 13.5. The molecule has 0 unspecified atom stereocenters. The number of Topliss-reactive ketones (excluding diaryl/α,β-unsaturated/α-hetero) is 2. The van der Waals surface area contributed by atoms with E-state index in [2.05, 4.69) is 61.5 Å². The topological polar surface area (TPSA) is 54.4 Å². The van der Waals surface area contributed by atoms with Gasteiger partial charge in [0.2, 0.25) is 0 Å². The van der Waals surface area contributed by atoms with E-state index in [4.69, 9.17) is 0 Å². The Morgan fingerprint density at radius 2 is 1.36 bits per heavy atom. The average molecular weight is 457 g/mol. The Balaban J connectivity index is 1.63. The van der Waals surface area contributed by atoms with Crippen LogP contribution in [0.3, 0.4) is 0 Å². The molecule has 0 aliphatic heterocycles. The van der Waals surface area contributed by atoms with Crippen molar-refractivity contribution in [3.05, 3.63) is 11.6 Å². The molecule has 3 nitrogen and oxygen atoms in total. The summed E-state index contributed by atoms with van der Waals surface area (Å²) in [5, 5.41) is 11.6. The summed E-state index contributed by atoms with van der Waals surface area (Å²) in [6.07, 6.45) is 10.4. The van der Waals surface area contributed by atoms with Gasteiger partial charge in [0.25, 0.3) is 0 Å². The van der Waals surface area contributed by atoms with Gasteiger partial charge in [-0.3, -0.25) is 9.59 Å². The molecule has 3 heteroatoms. The molecule has 0 heterocycles. The zero-order chi connectivity index (χ0) is 24.6. The lowest BCUT2D eigenvalue weighted by atomic mass is 9.44. The molecule has 4 aliphatic carbocycles. The number of fused-ring (bicyclic) bond motifs is 2. The second kappa shape index (κ2) is 7.77. The van der Waals surface area contributed by atoms with Crippen molar-refractivity contribution in [3.8, 4) is 0 Å². The first-order valence-electron chi connectivity index (χ1n) is 13.5. The molecule has 0 aromatic heterocycles. The van der Waals surface area contributed by atoms with Crippen molar-refractivity contribution in [2.24, 2.45) is 45.3 Å². The molecule has 0 bridgehead atoms. The normalized spacial score (nSPS) is 46.9. The maximum absolute atomic E-state index is 12.8. The van der Waals surface area contributed by atoms with Crippen LogP contribution in [-0.2, 0) is 9.59 Å². The van der Waals surface area contributed by atoms with Crippen LogP contribution in [0.5, 0.6) is 0 Å². The molecule has 3 fully saturated rings.